The summed E-state index contributed by atoms with van der Waals surface area (Å²) in [6.07, 6.45) is 1.56. The number of nitrogens with two attached hydrogens (primary N) is 2. The van der Waals surface area contributed by atoms with E-state index in [1.807, 2.05) is 6.92 Å². The average molecular weight is 453 g/mol. The van der Waals surface area contributed by atoms with Crippen LogP contribution in [-0.4, -0.2) is 54.0 Å². The van der Waals surface area contributed by atoms with Crippen molar-refractivity contribution in [2.24, 2.45) is 0 Å². The SMILES string of the molecule is C[C@H](Cc1cnc2nc(N)nc(N)c2n1)c1ccc(C(=O)N[C@@H](CCC(=O)O)C(=O)O)cc1. The van der Waals surface area contributed by atoms with Crippen molar-refractivity contribution in [3.63, 3.8) is 0 Å². The van der Waals surface area contributed by atoms with Crippen LogP contribution in [-0.2, 0) is 16.0 Å². The number of aliphatic carboxylic acids is 2. The van der Waals surface area contributed by atoms with Gasteiger partial charge in [-0.25, -0.2) is 14.8 Å². The van der Waals surface area contributed by atoms with Gasteiger partial charge in [0.05, 0.1) is 11.9 Å². The Labute approximate surface area is 188 Å². The predicted octanol–water partition coefficient (Wildman–Crippen LogP) is 0.978. The fourth-order valence-corrected chi connectivity index (χ4v) is 3.24. The summed E-state index contributed by atoms with van der Waals surface area (Å²) in [5.41, 5.74) is 14.0. The molecule has 2 atom stereocenters. The number of nitrogen functional groups attached to an aromatic ring is 2. The molecule has 12 nitrogen and oxygen atoms in total. The molecule has 2 heterocycles. The Hall–Kier alpha value is -4.35. The van der Waals surface area contributed by atoms with Gasteiger partial charge in [-0.1, -0.05) is 19.1 Å². The van der Waals surface area contributed by atoms with E-state index in [2.05, 4.69) is 25.3 Å². The molecule has 1 aromatic carbocycles. The van der Waals surface area contributed by atoms with Crippen LogP contribution in [0.25, 0.3) is 11.2 Å². The molecule has 2 aromatic heterocycles. The third-order valence-electron chi connectivity index (χ3n) is 5.01. The summed E-state index contributed by atoms with van der Waals surface area (Å²) in [5, 5.41) is 20.3. The molecule has 1 amide bonds. The Morgan fingerprint density at radius 2 is 1.76 bits per heavy atom. The van der Waals surface area contributed by atoms with E-state index >= 15 is 0 Å². The van der Waals surface area contributed by atoms with Crippen LogP contribution in [0, 0.1) is 0 Å². The van der Waals surface area contributed by atoms with Crippen molar-refractivity contribution in [1.82, 2.24) is 25.3 Å². The molecule has 0 aliphatic carbocycles. The number of nitrogens with zero attached hydrogens (tertiary/aromatic N) is 4. The molecular formula is C21H23N7O5. The number of anilines is 2. The van der Waals surface area contributed by atoms with Crippen LogP contribution in [0.5, 0.6) is 0 Å². The fourth-order valence-electron chi connectivity index (χ4n) is 3.24. The lowest BCUT2D eigenvalue weighted by molar-refractivity contribution is -0.140. The summed E-state index contributed by atoms with van der Waals surface area (Å²) >= 11 is 0. The quantitative estimate of drug-likeness (QED) is 0.308. The molecule has 0 aliphatic rings. The van der Waals surface area contributed by atoms with Crippen LogP contribution < -0.4 is 16.8 Å². The van der Waals surface area contributed by atoms with E-state index in [0.717, 1.165) is 5.56 Å². The third-order valence-corrected chi connectivity index (χ3v) is 5.01. The maximum Gasteiger partial charge on any atom is 0.326 e. The first-order chi connectivity index (χ1) is 15.6. The van der Waals surface area contributed by atoms with Gasteiger partial charge in [0.1, 0.15) is 6.04 Å². The van der Waals surface area contributed by atoms with Crippen LogP contribution >= 0.6 is 0 Å². The van der Waals surface area contributed by atoms with E-state index < -0.39 is 23.9 Å². The summed E-state index contributed by atoms with van der Waals surface area (Å²) in [5.74, 6) is -2.83. The molecular weight excluding hydrogens is 430 g/mol. The third kappa shape index (κ3) is 5.87. The minimum absolute atomic E-state index is 0.0205. The molecule has 3 aromatic rings. The first kappa shape index (κ1) is 23.3. The second kappa shape index (κ2) is 9.85. The molecule has 3 rings (SSSR count). The van der Waals surface area contributed by atoms with Gasteiger partial charge in [-0.15, -0.1) is 0 Å². The van der Waals surface area contributed by atoms with Gasteiger partial charge in [-0.3, -0.25) is 9.59 Å². The van der Waals surface area contributed by atoms with Crippen LogP contribution in [0.15, 0.2) is 30.5 Å². The number of benzene rings is 1. The number of nitrogens with one attached hydrogen (secondary N) is 1. The molecule has 0 bridgehead atoms. The lowest BCUT2D eigenvalue weighted by atomic mass is 9.95. The Morgan fingerprint density at radius 3 is 2.39 bits per heavy atom. The second-order valence-corrected chi connectivity index (χ2v) is 7.52. The summed E-state index contributed by atoms with van der Waals surface area (Å²) in [4.78, 5) is 51.0. The van der Waals surface area contributed by atoms with Gasteiger partial charge < -0.3 is 27.0 Å². The molecule has 0 aliphatic heterocycles. The largest absolute Gasteiger partial charge is 0.481 e. The summed E-state index contributed by atoms with van der Waals surface area (Å²) in [6.45, 7) is 1.98. The van der Waals surface area contributed by atoms with Gasteiger partial charge in [-0.2, -0.15) is 9.97 Å². The van der Waals surface area contributed by atoms with E-state index in [-0.39, 0.29) is 36.1 Å². The van der Waals surface area contributed by atoms with Crippen LogP contribution in [0.1, 0.15) is 47.3 Å². The summed E-state index contributed by atoms with van der Waals surface area (Å²) in [6, 6.07) is 5.40. The number of amides is 1. The lowest BCUT2D eigenvalue weighted by Gasteiger charge is -2.15. The zero-order valence-corrected chi connectivity index (χ0v) is 17.7. The molecule has 7 N–H and O–H groups in total. The van der Waals surface area contributed by atoms with Gasteiger partial charge in [0.2, 0.25) is 5.95 Å². The number of carbonyl (C=O) groups excluding carboxylic acids is 1. The van der Waals surface area contributed by atoms with Crippen molar-refractivity contribution >= 4 is 40.8 Å². The molecule has 0 saturated heterocycles. The standard InChI is InChI=1S/C21H23N7O5/c1-10(8-13-9-24-18-16(25-13)17(22)27-21(23)28-18)11-2-4-12(5-3-11)19(31)26-14(20(32)33)6-7-15(29)30/h2-5,9-10,14H,6-8H2,1H3,(H,26,31)(H,29,30)(H,32,33)(H4,22,23,24,27,28)/t10-,14+/m1/s1. The second-order valence-electron chi connectivity index (χ2n) is 7.52. The first-order valence-corrected chi connectivity index (χ1v) is 10.0. The van der Waals surface area contributed by atoms with E-state index in [1.165, 1.54) is 0 Å². The molecule has 12 heteroatoms. The highest BCUT2D eigenvalue weighted by Gasteiger charge is 2.22. The Bertz CT molecular complexity index is 1200. The number of hydrogen-bond acceptors (Lipinski definition) is 9. The Kier molecular flexibility index (Phi) is 6.96. The molecule has 0 fully saturated rings. The normalized spacial score (nSPS) is 12.8. The van der Waals surface area contributed by atoms with Gasteiger partial charge in [0.15, 0.2) is 17.0 Å². The average Bonchev–Trinajstić information content (AvgIpc) is 2.76. The van der Waals surface area contributed by atoms with Gasteiger partial charge >= 0.3 is 11.9 Å². The van der Waals surface area contributed by atoms with E-state index in [9.17, 15) is 19.5 Å². The molecule has 33 heavy (non-hydrogen) atoms. The van der Waals surface area contributed by atoms with Crippen LogP contribution in [0.4, 0.5) is 11.8 Å². The van der Waals surface area contributed by atoms with E-state index in [0.29, 0.717) is 23.3 Å². The van der Waals surface area contributed by atoms with Crippen molar-refractivity contribution < 1.29 is 24.6 Å². The number of hydrogen-bond donors (Lipinski definition) is 5. The molecule has 0 spiro atoms. The van der Waals surface area contributed by atoms with Crippen LogP contribution in [0.3, 0.4) is 0 Å². The Balaban J connectivity index is 1.67. The van der Waals surface area contributed by atoms with Crippen molar-refractivity contribution in [3.05, 3.63) is 47.3 Å². The van der Waals surface area contributed by atoms with Crippen LogP contribution in [0.2, 0.25) is 0 Å². The molecule has 172 valence electrons. The number of carboxylic acid groups (broad SMARTS) is 2. The number of aromatic nitrogens is 4. The number of fused-ring (bicyclic) bond motifs is 1. The van der Waals surface area contributed by atoms with Gasteiger partial charge in [0, 0.05) is 12.0 Å². The zero-order chi connectivity index (χ0) is 24.1. The Morgan fingerprint density at radius 1 is 1.06 bits per heavy atom. The zero-order valence-electron chi connectivity index (χ0n) is 17.7. The monoisotopic (exact) mass is 453 g/mol. The van der Waals surface area contributed by atoms with Crippen molar-refractivity contribution in [2.45, 2.75) is 38.1 Å². The smallest absolute Gasteiger partial charge is 0.326 e. The van der Waals surface area contributed by atoms with Crippen molar-refractivity contribution in [2.75, 3.05) is 11.5 Å². The number of carboxylic acids is 2. The highest BCUT2D eigenvalue weighted by atomic mass is 16.4. The fraction of sp³-hybridized carbons (Fsp3) is 0.286. The first-order valence-electron chi connectivity index (χ1n) is 10.0. The van der Waals surface area contributed by atoms with Gasteiger partial charge in [0.25, 0.3) is 5.91 Å². The summed E-state index contributed by atoms with van der Waals surface area (Å²) in [7, 11) is 0. The van der Waals surface area contributed by atoms with Crippen molar-refractivity contribution in [3.8, 4) is 0 Å². The maximum absolute atomic E-state index is 12.4. The molecule has 0 unspecified atom stereocenters. The minimum atomic E-state index is -1.29. The number of rotatable bonds is 9. The lowest BCUT2D eigenvalue weighted by Crippen LogP contribution is -2.41. The highest BCUT2D eigenvalue weighted by molar-refractivity contribution is 5.96. The molecule has 0 saturated carbocycles. The number of carbonyl (C=O) groups is 3. The maximum atomic E-state index is 12.4. The molecule has 0 radical (unpaired) electrons. The van der Waals surface area contributed by atoms with E-state index in [4.69, 9.17) is 16.6 Å². The summed E-state index contributed by atoms with van der Waals surface area (Å²) < 4.78 is 0. The topological polar surface area (TPSA) is 207 Å². The van der Waals surface area contributed by atoms with E-state index in [1.54, 1.807) is 30.5 Å². The van der Waals surface area contributed by atoms with Gasteiger partial charge in [-0.05, 0) is 36.5 Å². The highest BCUT2D eigenvalue weighted by Crippen LogP contribution is 2.22. The predicted molar refractivity (Wildman–Crippen MR) is 118 cm³/mol. The minimum Gasteiger partial charge on any atom is -0.481 e. The van der Waals surface area contributed by atoms with Crippen molar-refractivity contribution in [1.29, 1.82) is 0 Å².